The minimum atomic E-state index is -0.351. The third-order valence-electron chi connectivity index (χ3n) is 3.96. The molecule has 2 rings (SSSR count). The van der Waals surface area contributed by atoms with Crippen LogP contribution in [0.4, 0.5) is 0 Å². The van der Waals surface area contributed by atoms with Crippen molar-refractivity contribution < 1.29 is 9.90 Å². The molecule has 0 radical (unpaired) electrons. The molecular formula is C12H22N2O2. The second-order valence-electron chi connectivity index (χ2n) is 5.42. The van der Waals surface area contributed by atoms with Gasteiger partial charge in [0.15, 0.2) is 0 Å². The molecule has 1 saturated heterocycles. The molecule has 92 valence electrons. The molecule has 1 saturated carbocycles. The lowest BCUT2D eigenvalue weighted by Gasteiger charge is -2.31. The summed E-state index contributed by atoms with van der Waals surface area (Å²) in [6.07, 6.45) is 4.46. The lowest BCUT2D eigenvalue weighted by Crippen LogP contribution is -2.50. The van der Waals surface area contributed by atoms with Gasteiger partial charge < -0.3 is 15.7 Å². The summed E-state index contributed by atoms with van der Waals surface area (Å²) in [5.41, 5.74) is -0.281. The fourth-order valence-electron chi connectivity index (χ4n) is 2.63. The highest BCUT2D eigenvalue weighted by molar-refractivity contribution is 5.83. The van der Waals surface area contributed by atoms with Crippen molar-refractivity contribution in [2.24, 2.45) is 5.41 Å². The van der Waals surface area contributed by atoms with Crippen molar-refractivity contribution in [2.75, 3.05) is 13.1 Å². The Morgan fingerprint density at radius 3 is 2.81 bits per heavy atom. The molecule has 1 aliphatic carbocycles. The molecule has 2 aliphatic rings. The zero-order valence-corrected chi connectivity index (χ0v) is 9.96. The van der Waals surface area contributed by atoms with E-state index >= 15 is 0 Å². The first-order valence-corrected chi connectivity index (χ1v) is 6.32. The number of aliphatic hydroxyl groups is 1. The van der Waals surface area contributed by atoms with Crippen LogP contribution < -0.4 is 10.6 Å². The quantitative estimate of drug-likeness (QED) is 0.639. The summed E-state index contributed by atoms with van der Waals surface area (Å²) >= 11 is 0. The van der Waals surface area contributed by atoms with Gasteiger partial charge in [-0.05, 0) is 32.7 Å². The van der Waals surface area contributed by atoms with Gasteiger partial charge in [0, 0.05) is 6.54 Å². The van der Waals surface area contributed by atoms with Crippen molar-refractivity contribution in [1.29, 1.82) is 0 Å². The average molecular weight is 226 g/mol. The van der Waals surface area contributed by atoms with Gasteiger partial charge in [0.25, 0.3) is 0 Å². The van der Waals surface area contributed by atoms with Crippen LogP contribution in [0.3, 0.4) is 0 Å². The van der Waals surface area contributed by atoms with E-state index < -0.39 is 0 Å². The van der Waals surface area contributed by atoms with Gasteiger partial charge in [0.05, 0.1) is 17.6 Å². The highest BCUT2D eigenvalue weighted by atomic mass is 16.3. The third-order valence-corrected chi connectivity index (χ3v) is 3.96. The van der Waals surface area contributed by atoms with Gasteiger partial charge in [0.2, 0.25) is 5.91 Å². The van der Waals surface area contributed by atoms with Crippen LogP contribution >= 0.6 is 0 Å². The van der Waals surface area contributed by atoms with Gasteiger partial charge in [0.1, 0.15) is 0 Å². The van der Waals surface area contributed by atoms with Gasteiger partial charge >= 0.3 is 0 Å². The predicted molar refractivity (Wildman–Crippen MR) is 62.0 cm³/mol. The molecule has 3 atom stereocenters. The Balaban J connectivity index is 1.90. The Kier molecular flexibility index (Phi) is 3.50. The summed E-state index contributed by atoms with van der Waals surface area (Å²) < 4.78 is 0. The van der Waals surface area contributed by atoms with E-state index in [4.69, 9.17) is 0 Å². The second-order valence-corrected chi connectivity index (χ2v) is 5.42. The molecular weight excluding hydrogens is 204 g/mol. The summed E-state index contributed by atoms with van der Waals surface area (Å²) in [5.74, 6) is 0.100. The number of hydrogen-bond acceptors (Lipinski definition) is 3. The van der Waals surface area contributed by atoms with E-state index in [1.165, 1.54) is 0 Å². The molecule has 4 nitrogen and oxygen atoms in total. The first-order chi connectivity index (χ1) is 7.62. The fraction of sp³-hybridized carbons (Fsp3) is 0.917. The van der Waals surface area contributed by atoms with Crippen LogP contribution in [0.2, 0.25) is 0 Å². The largest absolute Gasteiger partial charge is 0.391 e. The first kappa shape index (κ1) is 11.9. The third kappa shape index (κ3) is 2.38. The van der Waals surface area contributed by atoms with Crippen LogP contribution in [0.25, 0.3) is 0 Å². The van der Waals surface area contributed by atoms with Crippen molar-refractivity contribution in [3.8, 4) is 0 Å². The lowest BCUT2D eigenvalue weighted by molar-refractivity contribution is -0.131. The van der Waals surface area contributed by atoms with Crippen molar-refractivity contribution in [3.63, 3.8) is 0 Å². The maximum absolute atomic E-state index is 12.1. The van der Waals surface area contributed by atoms with E-state index in [-0.39, 0.29) is 23.5 Å². The molecule has 1 heterocycles. The average Bonchev–Trinajstić information content (AvgIpc) is 2.70. The van der Waals surface area contributed by atoms with Gasteiger partial charge in [-0.3, -0.25) is 4.79 Å². The molecule has 3 unspecified atom stereocenters. The maximum atomic E-state index is 12.1. The fourth-order valence-corrected chi connectivity index (χ4v) is 2.63. The number of carbonyl (C=O) groups excluding carboxylic acids is 1. The molecule has 0 aromatic carbocycles. The Bertz CT molecular complexity index is 262. The van der Waals surface area contributed by atoms with Crippen LogP contribution in [0.1, 0.15) is 39.0 Å². The molecule has 1 amide bonds. The van der Waals surface area contributed by atoms with E-state index in [9.17, 15) is 9.90 Å². The Morgan fingerprint density at radius 2 is 2.19 bits per heavy atom. The maximum Gasteiger partial charge on any atom is 0.227 e. The molecule has 0 aromatic rings. The Labute approximate surface area is 96.8 Å². The van der Waals surface area contributed by atoms with Crippen molar-refractivity contribution >= 4 is 5.91 Å². The number of aliphatic hydroxyl groups excluding tert-OH is 1. The number of carbonyl (C=O) groups is 1. The Hall–Kier alpha value is -0.610. The predicted octanol–water partition coefficient (Wildman–Crippen LogP) is 0.406. The van der Waals surface area contributed by atoms with Crippen LogP contribution in [-0.2, 0) is 4.79 Å². The smallest absolute Gasteiger partial charge is 0.227 e. The van der Waals surface area contributed by atoms with Gasteiger partial charge in [-0.2, -0.15) is 0 Å². The van der Waals surface area contributed by atoms with E-state index in [1.807, 2.05) is 6.92 Å². The first-order valence-electron chi connectivity index (χ1n) is 6.32. The molecule has 0 bridgehead atoms. The van der Waals surface area contributed by atoms with Gasteiger partial charge in [-0.25, -0.2) is 0 Å². The monoisotopic (exact) mass is 226 g/mol. The standard InChI is InChI=1S/C12H22N2O2/c1-12(6-7-13-8-12)11(16)14-9-4-2-3-5-10(9)15/h9-10,13,15H,2-8H2,1H3,(H,14,16). The molecule has 0 spiro atoms. The molecule has 3 N–H and O–H groups in total. The van der Waals surface area contributed by atoms with E-state index in [1.54, 1.807) is 0 Å². The molecule has 4 heteroatoms. The topological polar surface area (TPSA) is 61.4 Å². The van der Waals surface area contributed by atoms with Gasteiger partial charge in [-0.15, -0.1) is 0 Å². The summed E-state index contributed by atoms with van der Waals surface area (Å²) in [6.45, 7) is 3.66. The summed E-state index contributed by atoms with van der Waals surface area (Å²) in [7, 11) is 0. The van der Waals surface area contributed by atoms with E-state index in [0.29, 0.717) is 0 Å². The summed E-state index contributed by atoms with van der Waals surface area (Å²) in [5, 5.41) is 16.1. The number of hydrogen-bond donors (Lipinski definition) is 3. The minimum Gasteiger partial charge on any atom is -0.391 e. The molecule has 1 aliphatic heterocycles. The van der Waals surface area contributed by atoms with Crippen LogP contribution in [0.15, 0.2) is 0 Å². The SMILES string of the molecule is CC1(C(=O)NC2CCCCC2O)CCNC1. The molecule has 0 aromatic heterocycles. The second kappa shape index (κ2) is 4.72. The lowest BCUT2D eigenvalue weighted by atomic mass is 9.86. The van der Waals surface area contributed by atoms with Crippen LogP contribution in [0, 0.1) is 5.41 Å². The summed E-state index contributed by atoms with van der Waals surface area (Å²) in [4.78, 5) is 12.1. The van der Waals surface area contributed by atoms with E-state index in [2.05, 4.69) is 10.6 Å². The Morgan fingerprint density at radius 1 is 1.44 bits per heavy atom. The van der Waals surface area contributed by atoms with Crippen LogP contribution in [-0.4, -0.2) is 36.2 Å². The zero-order valence-electron chi connectivity index (χ0n) is 9.96. The number of nitrogens with one attached hydrogen (secondary N) is 2. The van der Waals surface area contributed by atoms with Crippen molar-refractivity contribution in [1.82, 2.24) is 10.6 Å². The van der Waals surface area contributed by atoms with Gasteiger partial charge in [-0.1, -0.05) is 12.8 Å². The highest BCUT2D eigenvalue weighted by Crippen LogP contribution is 2.26. The minimum absolute atomic E-state index is 0.0290. The number of rotatable bonds is 2. The summed E-state index contributed by atoms with van der Waals surface area (Å²) in [6, 6.07) is -0.0290. The normalized spacial score (nSPS) is 39.6. The highest BCUT2D eigenvalue weighted by Gasteiger charge is 2.38. The van der Waals surface area contributed by atoms with Crippen molar-refractivity contribution in [2.45, 2.75) is 51.2 Å². The molecule has 16 heavy (non-hydrogen) atoms. The number of amides is 1. The molecule has 2 fully saturated rings. The van der Waals surface area contributed by atoms with E-state index in [0.717, 1.165) is 45.2 Å². The zero-order chi connectivity index (χ0) is 11.6. The van der Waals surface area contributed by atoms with Crippen LogP contribution in [0.5, 0.6) is 0 Å². The van der Waals surface area contributed by atoms with Crippen molar-refractivity contribution in [3.05, 3.63) is 0 Å².